The van der Waals surface area contributed by atoms with Crippen molar-refractivity contribution < 1.29 is 0 Å². The van der Waals surface area contributed by atoms with Gasteiger partial charge < -0.3 is 10.6 Å². The van der Waals surface area contributed by atoms with Crippen molar-refractivity contribution in [1.82, 2.24) is 9.97 Å². The molecule has 1 unspecified atom stereocenters. The molecule has 6 heteroatoms. The van der Waals surface area contributed by atoms with E-state index in [0.717, 1.165) is 23.9 Å². The predicted octanol–water partition coefficient (Wildman–Crippen LogP) is 2.97. The molecule has 3 rings (SSSR count). The van der Waals surface area contributed by atoms with E-state index in [4.69, 9.17) is 5.73 Å². The van der Waals surface area contributed by atoms with E-state index in [1.165, 1.54) is 22.2 Å². The van der Waals surface area contributed by atoms with Gasteiger partial charge in [0, 0.05) is 17.5 Å². The van der Waals surface area contributed by atoms with Crippen molar-refractivity contribution in [3.05, 3.63) is 28.0 Å². The summed E-state index contributed by atoms with van der Waals surface area (Å²) in [4.78, 5) is 12.6. The van der Waals surface area contributed by atoms with E-state index in [1.807, 2.05) is 23.7 Å². The van der Waals surface area contributed by atoms with Crippen molar-refractivity contribution in [3.63, 3.8) is 0 Å². The first-order chi connectivity index (χ1) is 9.19. The second-order valence-corrected chi connectivity index (χ2v) is 6.33. The molecular formula is C13H16N4S2. The van der Waals surface area contributed by atoms with Crippen molar-refractivity contribution in [3.8, 4) is 0 Å². The molecule has 0 saturated heterocycles. The first-order valence-electron chi connectivity index (χ1n) is 6.20. The van der Waals surface area contributed by atoms with Crippen LogP contribution in [0.4, 0.5) is 11.6 Å². The third-order valence-corrected chi connectivity index (χ3v) is 5.01. The molecular weight excluding hydrogens is 276 g/mol. The van der Waals surface area contributed by atoms with Crippen LogP contribution in [0.25, 0.3) is 0 Å². The van der Waals surface area contributed by atoms with Crippen molar-refractivity contribution in [2.24, 2.45) is 0 Å². The van der Waals surface area contributed by atoms with E-state index in [0.29, 0.717) is 11.9 Å². The lowest BCUT2D eigenvalue weighted by atomic mass is 10.0. The number of nitrogen functional groups attached to an aromatic ring is 1. The summed E-state index contributed by atoms with van der Waals surface area (Å²) >= 11 is 3.37. The Kier molecular flexibility index (Phi) is 3.36. The van der Waals surface area contributed by atoms with E-state index < -0.39 is 0 Å². The van der Waals surface area contributed by atoms with Gasteiger partial charge in [-0.15, -0.1) is 11.3 Å². The number of hydrogen-bond donors (Lipinski definition) is 1. The standard InChI is InChI=1S/C13H16N4S2/c1-8-9-4-6-19-10(9)3-5-17(8)12-7-11(14)15-13(16-12)18-2/h4,6-8H,3,5H2,1-2H3,(H2,14,15,16). The second-order valence-electron chi connectivity index (χ2n) is 4.56. The Hall–Kier alpha value is -1.27. The number of rotatable bonds is 2. The summed E-state index contributed by atoms with van der Waals surface area (Å²) in [6.45, 7) is 3.21. The summed E-state index contributed by atoms with van der Waals surface area (Å²) in [6, 6.07) is 4.43. The molecule has 0 bridgehead atoms. The zero-order valence-corrected chi connectivity index (χ0v) is 12.6. The number of thioether (sulfide) groups is 1. The van der Waals surface area contributed by atoms with Crippen LogP contribution in [0.5, 0.6) is 0 Å². The van der Waals surface area contributed by atoms with Crippen molar-refractivity contribution >= 4 is 34.7 Å². The summed E-state index contributed by atoms with van der Waals surface area (Å²) in [5, 5.41) is 2.91. The van der Waals surface area contributed by atoms with E-state index in [-0.39, 0.29) is 0 Å². The Morgan fingerprint density at radius 2 is 2.32 bits per heavy atom. The molecule has 3 heterocycles. The molecule has 1 atom stereocenters. The molecule has 19 heavy (non-hydrogen) atoms. The van der Waals surface area contributed by atoms with Gasteiger partial charge in [0.05, 0.1) is 6.04 Å². The number of nitrogens with two attached hydrogens (primary N) is 1. The fourth-order valence-electron chi connectivity index (χ4n) is 2.49. The molecule has 0 radical (unpaired) electrons. The highest BCUT2D eigenvalue weighted by atomic mass is 32.2. The SMILES string of the molecule is CSc1nc(N)cc(N2CCc3sccc3C2C)n1. The highest BCUT2D eigenvalue weighted by molar-refractivity contribution is 7.98. The Morgan fingerprint density at radius 1 is 1.47 bits per heavy atom. The molecule has 0 aliphatic carbocycles. The molecule has 0 spiro atoms. The van der Waals surface area contributed by atoms with Gasteiger partial charge in [-0.2, -0.15) is 0 Å². The number of aromatic nitrogens is 2. The van der Waals surface area contributed by atoms with Gasteiger partial charge in [-0.05, 0) is 36.6 Å². The number of fused-ring (bicyclic) bond motifs is 1. The van der Waals surface area contributed by atoms with E-state index in [9.17, 15) is 0 Å². The fraction of sp³-hybridized carbons (Fsp3) is 0.385. The third-order valence-electron chi connectivity index (χ3n) is 3.47. The molecule has 0 fully saturated rings. The van der Waals surface area contributed by atoms with Gasteiger partial charge in [0.1, 0.15) is 11.6 Å². The zero-order valence-electron chi connectivity index (χ0n) is 11.0. The topological polar surface area (TPSA) is 55.0 Å². The van der Waals surface area contributed by atoms with Gasteiger partial charge >= 0.3 is 0 Å². The third kappa shape index (κ3) is 2.30. The maximum atomic E-state index is 5.87. The lowest BCUT2D eigenvalue weighted by molar-refractivity contribution is 0.620. The quantitative estimate of drug-likeness (QED) is 0.681. The van der Waals surface area contributed by atoms with Gasteiger partial charge in [0.15, 0.2) is 5.16 Å². The smallest absolute Gasteiger partial charge is 0.191 e. The minimum absolute atomic E-state index is 0.346. The average Bonchev–Trinajstić information content (AvgIpc) is 2.87. The Balaban J connectivity index is 1.97. The van der Waals surface area contributed by atoms with Crippen LogP contribution in [-0.2, 0) is 6.42 Å². The highest BCUT2D eigenvalue weighted by Gasteiger charge is 2.26. The normalized spacial score (nSPS) is 18.4. The van der Waals surface area contributed by atoms with Gasteiger partial charge in [0.2, 0.25) is 0 Å². The molecule has 2 aromatic heterocycles. The molecule has 2 aromatic rings. The molecule has 0 saturated carbocycles. The molecule has 1 aliphatic rings. The van der Waals surface area contributed by atoms with Crippen LogP contribution in [0, 0.1) is 0 Å². The Labute approximate surface area is 121 Å². The molecule has 1 aliphatic heterocycles. The van der Waals surface area contributed by atoms with E-state index in [1.54, 1.807) is 0 Å². The van der Waals surface area contributed by atoms with Crippen LogP contribution in [0.3, 0.4) is 0 Å². The summed E-state index contributed by atoms with van der Waals surface area (Å²) in [5.74, 6) is 1.47. The molecule has 2 N–H and O–H groups in total. The molecule has 0 aromatic carbocycles. The van der Waals surface area contributed by atoms with Crippen LogP contribution in [0.15, 0.2) is 22.7 Å². The minimum atomic E-state index is 0.346. The Bertz CT molecular complexity index is 596. The molecule has 4 nitrogen and oxygen atoms in total. The largest absolute Gasteiger partial charge is 0.383 e. The maximum absolute atomic E-state index is 5.87. The van der Waals surface area contributed by atoms with Gasteiger partial charge in [-0.25, -0.2) is 9.97 Å². The molecule has 100 valence electrons. The first-order valence-corrected chi connectivity index (χ1v) is 8.31. The number of hydrogen-bond acceptors (Lipinski definition) is 6. The highest BCUT2D eigenvalue weighted by Crippen LogP contribution is 2.35. The van der Waals surface area contributed by atoms with Crippen LogP contribution >= 0.6 is 23.1 Å². The van der Waals surface area contributed by atoms with E-state index >= 15 is 0 Å². The van der Waals surface area contributed by atoms with Crippen LogP contribution in [0.2, 0.25) is 0 Å². The number of nitrogens with zero attached hydrogens (tertiary/aromatic N) is 3. The minimum Gasteiger partial charge on any atom is -0.383 e. The number of anilines is 2. The Morgan fingerprint density at radius 3 is 3.11 bits per heavy atom. The average molecular weight is 292 g/mol. The molecule has 0 amide bonds. The summed E-state index contributed by atoms with van der Waals surface area (Å²) in [5.41, 5.74) is 7.29. The van der Waals surface area contributed by atoms with Crippen molar-refractivity contribution in [2.75, 3.05) is 23.4 Å². The predicted molar refractivity (Wildman–Crippen MR) is 82.0 cm³/mol. The first kappa shape index (κ1) is 12.7. The van der Waals surface area contributed by atoms with Crippen LogP contribution < -0.4 is 10.6 Å². The van der Waals surface area contributed by atoms with Gasteiger partial charge in [0.25, 0.3) is 0 Å². The van der Waals surface area contributed by atoms with Gasteiger partial charge in [-0.1, -0.05) is 11.8 Å². The van der Waals surface area contributed by atoms with Gasteiger partial charge in [-0.3, -0.25) is 0 Å². The second kappa shape index (κ2) is 5.02. The lowest BCUT2D eigenvalue weighted by Crippen LogP contribution is -2.33. The number of thiophene rings is 1. The fourth-order valence-corrected chi connectivity index (χ4v) is 3.84. The summed E-state index contributed by atoms with van der Waals surface area (Å²) < 4.78 is 0. The monoisotopic (exact) mass is 292 g/mol. The van der Waals surface area contributed by atoms with E-state index in [2.05, 4.69) is 33.2 Å². The van der Waals surface area contributed by atoms with Crippen LogP contribution in [-0.4, -0.2) is 22.8 Å². The summed E-state index contributed by atoms with van der Waals surface area (Å²) in [7, 11) is 0. The lowest BCUT2D eigenvalue weighted by Gasteiger charge is -2.34. The van der Waals surface area contributed by atoms with Crippen LogP contribution in [0.1, 0.15) is 23.4 Å². The summed E-state index contributed by atoms with van der Waals surface area (Å²) in [6.07, 6.45) is 3.05. The van der Waals surface area contributed by atoms with Crippen molar-refractivity contribution in [1.29, 1.82) is 0 Å². The zero-order chi connectivity index (χ0) is 13.4. The maximum Gasteiger partial charge on any atom is 0.191 e. The van der Waals surface area contributed by atoms with Crippen molar-refractivity contribution in [2.45, 2.75) is 24.5 Å².